The van der Waals surface area contributed by atoms with E-state index in [0.29, 0.717) is 5.02 Å². The molecule has 1 aromatic heterocycles. The minimum Gasteiger partial charge on any atom is -0.480 e. The number of carbonyl (C=O) groups is 2. The van der Waals surface area contributed by atoms with Crippen LogP contribution in [0.25, 0.3) is 10.9 Å². The number of carbonyl (C=O) groups excluding carboxylic acids is 1. The molecule has 0 aliphatic rings. The van der Waals surface area contributed by atoms with Crippen molar-refractivity contribution >= 4 is 34.4 Å². The van der Waals surface area contributed by atoms with Gasteiger partial charge in [0.15, 0.2) is 0 Å². The highest BCUT2D eigenvalue weighted by atomic mass is 35.5. The number of aliphatic carboxylic acids is 1. The van der Waals surface area contributed by atoms with Gasteiger partial charge in [-0.3, -0.25) is 4.79 Å². The molecule has 0 unspecified atom stereocenters. The summed E-state index contributed by atoms with van der Waals surface area (Å²) in [7, 11) is 0. The van der Waals surface area contributed by atoms with E-state index in [2.05, 4.69) is 5.32 Å². The second-order valence-electron chi connectivity index (χ2n) is 5.79. The molecular formula is C19H17ClN2O3. The number of carboxylic acids is 1. The van der Waals surface area contributed by atoms with Crippen LogP contribution in [-0.4, -0.2) is 27.6 Å². The van der Waals surface area contributed by atoms with Gasteiger partial charge in [0.2, 0.25) is 5.91 Å². The third kappa shape index (κ3) is 4.19. The Hall–Kier alpha value is -2.79. The number of fused-ring (bicyclic) bond motifs is 1. The van der Waals surface area contributed by atoms with Gasteiger partial charge in [-0.1, -0.05) is 48.0 Å². The minimum absolute atomic E-state index is 0.0302. The van der Waals surface area contributed by atoms with Crippen LogP contribution in [-0.2, 0) is 22.6 Å². The average molecular weight is 357 g/mol. The maximum Gasteiger partial charge on any atom is 0.326 e. The van der Waals surface area contributed by atoms with Gasteiger partial charge in [-0.15, -0.1) is 0 Å². The number of nitrogens with one attached hydrogen (secondary N) is 1. The molecule has 2 aromatic carbocycles. The third-order valence-corrected chi connectivity index (χ3v) is 4.20. The summed E-state index contributed by atoms with van der Waals surface area (Å²) in [5, 5.41) is 13.5. The van der Waals surface area contributed by atoms with Crippen molar-refractivity contribution < 1.29 is 14.7 Å². The highest BCUT2D eigenvalue weighted by molar-refractivity contribution is 6.31. The summed E-state index contributed by atoms with van der Waals surface area (Å²) >= 11 is 6.01. The van der Waals surface area contributed by atoms with E-state index in [1.165, 1.54) is 0 Å². The first-order valence-electron chi connectivity index (χ1n) is 7.83. The number of aromatic nitrogens is 1. The number of amides is 1. The standard InChI is InChI=1S/C19H17ClN2O3/c20-15-7-6-14-8-9-22(17(14)11-15)12-18(23)21-16(19(24)25)10-13-4-2-1-3-5-13/h1-9,11,16H,10,12H2,(H,21,23)(H,24,25)/t16-/m1/s1. The first-order valence-corrected chi connectivity index (χ1v) is 8.21. The van der Waals surface area contributed by atoms with E-state index < -0.39 is 12.0 Å². The smallest absolute Gasteiger partial charge is 0.326 e. The number of hydrogen-bond donors (Lipinski definition) is 2. The Kier molecular flexibility index (Phi) is 5.05. The summed E-state index contributed by atoms with van der Waals surface area (Å²) in [5.74, 6) is -1.42. The lowest BCUT2D eigenvalue weighted by Gasteiger charge is -2.15. The van der Waals surface area contributed by atoms with E-state index in [1.54, 1.807) is 22.9 Å². The molecule has 0 saturated heterocycles. The predicted octanol–water partition coefficient (Wildman–Crippen LogP) is 3.11. The van der Waals surface area contributed by atoms with Gasteiger partial charge in [-0.25, -0.2) is 4.79 Å². The zero-order valence-corrected chi connectivity index (χ0v) is 14.1. The molecule has 0 spiro atoms. The van der Waals surface area contributed by atoms with E-state index in [4.69, 9.17) is 11.6 Å². The zero-order valence-electron chi connectivity index (χ0n) is 13.4. The molecule has 6 heteroatoms. The van der Waals surface area contributed by atoms with Crippen LogP contribution < -0.4 is 5.32 Å². The molecule has 1 amide bonds. The van der Waals surface area contributed by atoms with E-state index in [1.807, 2.05) is 42.5 Å². The van der Waals surface area contributed by atoms with Crippen LogP contribution in [0.15, 0.2) is 60.8 Å². The molecule has 25 heavy (non-hydrogen) atoms. The molecule has 5 nitrogen and oxygen atoms in total. The van der Waals surface area contributed by atoms with Crippen LogP contribution in [0.5, 0.6) is 0 Å². The molecule has 0 saturated carbocycles. The molecule has 3 aromatic rings. The normalized spacial score (nSPS) is 12.0. The summed E-state index contributed by atoms with van der Waals surface area (Å²) < 4.78 is 1.75. The molecule has 0 bridgehead atoms. The summed E-state index contributed by atoms with van der Waals surface area (Å²) in [6.07, 6.45) is 2.02. The number of halogens is 1. The molecule has 1 atom stereocenters. The van der Waals surface area contributed by atoms with Crippen molar-refractivity contribution in [3.8, 4) is 0 Å². The predicted molar refractivity (Wildman–Crippen MR) is 96.7 cm³/mol. The Balaban J connectivity index is 1.71. The maximum atomic E-state index is 12.3. The van der Waals surface area contributed by atoms with Crippen LogP contribution >= 0.6 is 11.6 Å². The van der Waals surface area contributed by atoms with E-state index in [0.717, 1.165) is 16.5 Å². The van der Waals surface area contributed by atoms with Gasteiger partial charge < -0.3 is 15.0 Å². The Bertz CT molecular complexity index is 905. The lowest BCUT2D eigenvalue weighted by atomic mass is 10.1. The summed E-state index contributed by atoms with van der Waals surface area (Å²) in [6, 6.07) is 15.6. The lowest BCUT2D eigenvalue weighted by molar-refractivity contribution is -0.141. The van der Waals surface area contributed by atoms with Gasteiger partial charge in [0.1, 0.15) is 12.6 Å². The highest BCUT2D eigenvalue weighted by Crippen LogP contribution is 2.20. The fraction of sp³-hybridized carbons (Fsp3) is 0.158. The SMILES string of the molecule is O=C(Cn1ccc2ccc(Cl)cc21)N[C@H](Cc1ccccc1)C(=O)O. The van der Waals surface area contributed by atoms with Gasteiger partial charge in [0.25, 0.3) is 0 Å². The zero-order chi connectivity index (χ0) is 17.8. The number of hydrogen-bond acceptors (Lipinski definition) is 2. The van der Waals surface area contributed by atoms with Crippen LogP contribution in [0.2, 0.25) is 5.02 Å². The minimum atomic E-state index is -1.06. The maximum absolute atomic E-state index is 12.3. The van der Waals surface area contributed by atoms with Crippen molar-refractivity contribution in [1.82, 2.24) is 9.88 Å². The highest BCUT2D eigenvalue weighted by Gasteiger charge is 2.20. The molecule has 0 aliphatic carbocycles. The second kappa shape index (κ2) is 7.40. The first kappa shape index (κ1) is 17.0. The van der Waals surface area contributed by atoms with E-state index >= 15 is 0 Å². The molecule has 128 valence electrons. The molecule has 2 N–H and O–H groups in total. The first-order chi connectivity index (χ1) is 12.0. The number of nitrogens with zero attached hydrogens (tertiary/aromatic N) is 1. The molecule has 0 radical (unpaired) electrons. The van der Waals surface area contributed by atoms with Crippen molar-refractivity contribution in [2.24, 2.45) is 0 Å². The van der Waals surface area contributed by atoms with E-state index in [-0.39, 0.29) is 18.9 Å². The molecule has 1 heterocycles. The number of benzene rings is 2. The van der Waals surface area contributed by atoms with Crippen molar-refractivity contribution in [1.29, 1.82) is 0 Å². The largest absolute Gasteiger partial charge is 0.480 e. The van der Waals surface area contributed by atoms with Gasteiger partial charge in [-0.2, -0.15) is 0 Å². The quantitative estimate of drug-likeness (QED) is 0.713. The molecule has 3 rings (SSSR count). The van der Waals surface area contributed by atoms with Crippen LogP contribution in [0, 0.1) is 0 Å². The monoisotopic (exact) mass is 356 g/mol. The summed E-state index contributed by atoms with van der Waals surface area (Å²) in [6.45, 7) is 0.0302. The Labute approximate surface area is 149 Å². The Morgan fingerprint density at radius 1 is 1.12 bits per heavy atom. The molecule has 0 fully saturated rings. The molecule has 0 aliphatic heterocycles. The fourth-order valence-electron chi connectivity index (χ4n) is 2.74. The molecular weight excluding hydrogens is 340 g/mol. The Morgan fingerprint density at radius 2 is 1.88 bits per heavy atom. The van der Waals surface area contributed by atoms with Crippen LogP contribution in [0.4, 0.5) is 0 Å². The summed E-state index contributed by atoms with van der Waals surface area (Å²) in [5.41, 5.74) is 1.69. The third-order valence-electron chi connectivity index (χ3n) is 3.97. The van der Waals surface area contributed by atoms with Gasteiger partial charge >= 0.3 is 5.97 Å². The summed E-state index contributed by atoms with van der Waals surface area (Å²) in [4.78, 5) is 23.8. The number of carboxylic acid groups (broad SMARTS) is 1. The average Bonchev–Trinajstić information content (AvgIpc) is 2.97. The Morgan fingerprint density at radius 3 is 2.60 bits per heavy atom. The van der Waals surface area contributed by atoms with Gasteiger partial charge in [0, 0.05) is 23.2 Å². The van der Waals surface area contributed by atoms with E-state index in [9.17, 15) is 14.7 Å². The van der Waals surface area contributed by atoms with Gasteiger partial charge in [0.05, 0.1) is 0 Å². The van der Waals surface area contributed by atoms with Crippen molar-refractivity contribution in [3.63, 3.8) is 0 Å². The van der Waals surface area contributed by atoms with Crippen LogP contribution in [0.1, 0.15) is 5.56 Å². The van der Waals surface area contributed by atoms with Gasteiger partial charge in [-0.05, 0) is 29.1 Å². The topological polar surface area (TPSA) is 71.3 Å². The van der Waals surface area contributed by atoms with Crippen LogP contribution in [0.3, 0.4) is 0 Å². The van der Waals surface area contributed by atoms with Crippen molar-refractivity contribution in [2.75, 3.05) is 0 Å². The number of rotatable bonds is 6. The lowest BCUT2D eigenvalue weighted by Crippen LogP contribution is -2.43. The second-order valence-corrected chi connectivity index (χ2v) is 6.23. The van der Waals surface area contributed by atoms with Crippen molar-refractivity contribution in [3.05, 3.63) is 71.4 Å². The van der Waals surface area contributed by atoms with Crippen molar-refractivity contribution in [2.45, 2.75) is 19.0 Å². The fourth-order valence-corrected chi connectivity index (χ4v) is 2.91.